The fourth-order valence-electron chi connectivity index (χ4n) is 3.18. The molecule has 4 heteroatoms. The zero-order valence-electron chi connectivity index (χ0n) is 12.5. The summed E-state index contributed by atoms with van der Waals surface area (Å²) in [5.41, 5.74) is 1.03. The van der Waals surface area contributed by atoms with Crippen LogP contribution in [0.25, 0.3) is 0 Å². The number of likely N-dealkylation sites (tertiary alicyclic amines) is 1. The molecule has 3 rings (SSSR count). The average molecular weight is 289 g/mol. The van der Waals surface area contributed by atoms with Gasteiger partial charge < -0.3 is 9.47 Å². The van der Waals surface area contributed by atoms with Crippen molar-refractivity contribution in [3.8, 4) is 0 Å². The Balaban J connectivity index is 1.44. The maximum Gasteiger partial charge on any atom is 0.310 e. The molecule has 4 nitrogen and oxygen atoms in total. The van der Waals surface area contributed by atoms with Crippen LogP contribution in [0.1, 0.15) is 25.3 Å². The Morgan fingerprint density at radius 3 is 2.62 bits per heavy atom. The van der Waals surface area contributed by atoms with Gasteiger partial charge in [0.25, 0.3) is 0 Å². The first-order valence-corrected chi connectivity index (χ1v) is 7.79. The molecule has 0 radical (unpaired) electrons. The second-order valence-electron chi connectivity index (χ2n) is 6.17. The predicted octanol–water partition coefficient (Wildman–Crippen LogP) is 2.23. The standard InChI is InChI=1S/C17H23NO3/c1-13(9-18-10-15-7-8-16(11-18)21-15)17(19)20-12-14-5-3-2-4-6-14/h2-6,13,15-16H,7-12H2,1H3. The molecule has 2 aliphatic rings. The number of esters is 1. The van der Waals surface area contributed by atoms with Crippen molar-refractivity contribution in [3.63, 3.8) is 0 Å². The van der Waals surface area contributed by atoms with Crippen molar-refractivity contribution in [3.05, 3.63) is 35.9 Å². The summed E-state index contributed by atoms with van der Waals surface area (Å²) in [6, 6.07) is 9.81. The van der Waals surface area contributed by atoms with Crippen LogP contribution in [0.2, 0.25) is 0 Å². The van der Waals surface area contributed by atoms with Crippen LogP contribution < -0.4 is 0 Å². The van der Waals surface area contributed by atoms with Crippen LogP contribution in [0, 0.1) is 5.92 Å². The number of benzene rings is 1. The third-order valence-electron chi connectivity index (χ3n) is 4.28. The largest absolute Gasteiger partial charge is 0.461 e. The zero-order chi connectivity index (χ0) is 14.7. The summed E-state index contributed by atoms with van der Waals surface area (Å²) in [7, 11) is 0. The van der Waals surface area contributed by atoms with Gasteiger partial charge in [0, 0.05) is 19.6 Å². The van der Waals surface area contributed by atoms with Crippen LogP contribution in [0.5, 0.6) is 0 Å². The van der Waals surface area contributed by atoms with Gasteiger partial charge in [-0.1, -0.05) is 37.3 Å². The molecule has 114 valence electrons. The minimum atomic E-state index is -0.113. The van der Waals surface area contributed by atoms with E-state index in [9.17, 15) is 4.79 Å². The number of hydrogen-bond donors (Lipinski definition) is 0. The number of hydrogen-bond acceptors (Lipinski definition) is 4. The van der Waals surface area contributed by atoms with E-state index in [1.54, 1.807) is 0 Å². The van der Waals surface area contributed by atoms with Crippen molar-refractivity contribution >= 4 is 5.97 Å². The van der Waals surface area contributed by atoms with E-state index in [2.05, 4.69) is 4.90 Å². The lowest BCUT2D eigenvalue weighted by molar-refractivity contribution is -0.150. The van der Waals surface area contributed by atoms with E-state index in [1.807, 2.05) is 37.3 Å². The number of morpholine rings is 1. The number of carbonyl (C=O) groups is 1. The Hall–Kier alpha value is -1.39. The van der Waals surface area contributed by atoms with Gasteiger partial charge in [0.15, 0.2) is 0 Å². The summed E-state index contributed by atoms with van der Waals surface area (Å²) in [5, 5.41) is 0. The normalized spacial score (nSPS) is 26.5. The van der Waals surface area contributed by atoms with Crippen LogP contribution in [0.4, 0.5) is 0 Å². The molecule has 1 aromatic rings. The molecular formula is C17H23NO3. The maximum absolute atomic E-state index is 12.1. The smallest absolute Gasteiger partial charge is 0.310 e. The highest BCUT2D eigenvalue weighted by Crippen LogP contribution is 2.26. The first kappa shape index (κ1) is 14.5. The molecule has 3 unspecified atom stereocenters. The molecule has 0 aliphatic carbocycles. The monoisotopic (exact) mass is 289 g/mol. The highest BCUT2D eigenvalue weighted by Gasteiger charge is 2.34. The molecule has 2 fully saturated rings. The van der Waals surface area contributed by atoms with Gasteiger partial charge in [-0.15, -0.1) is 0 Å². The van der Waals surface area contributed by atoms with Crippen LogP contribution in [-0.4, -0.2) is 42.7 Å². The summed E-state index contributed by atoms with van der Waals surface area (Å²) in [5.74, 6) is -0.205. The van der Waals surface area contributed by atoms with E-state index in [4.69, 9.17) is 9.47 Å². The van der Waals surface area contributed by atoms with E-state index < -0.39 is 0 Å². The Labute approximate surface area is 126 Å². The number of rotatable bonds is 5. The van der Waals surface area contributed by atoms with Crippen LogP contribution in [-0.2, 0) is 20.9 Å². The van der Waals surface area contributed by atoms with Crippen molar-refractivity contribution in [1.82, 2.24) is 4.90 Å². The van der Waals surface area contributed by atoms with Crippen molar-refractivity contribution in [2.24, 2.45) is 5.92 Å². The second-order valence-corrected chi connectivity index (χ2v) is 6.17. The van der Waals surface area contributed by atoms with Gasteiger partial charge in [-0.25, -0.2) is 0 Å². The molecule has 2 bridgehead atoms. The second kappa shape index (κ2) is 6.58. The molecule has 0 N–H and O–H groups in total. The lowest BCUT2D eigenvalue weighted by atomic mass is 10.1. The van der Waals surface area contributed by atoms with Crippen molar-refractivity contribution in [2.45, 2.75) is 38.6 Å². The van der Waals surface area contributed by atoms with E-state index >= 15 is 0 Å². The summed E-state index contributed by atoms with van der Waals surface area (Å²) in [6.07, 6.45) is 3.06. The fourth-order valence-corrected chi connectivity index (χ4v) is 3.18. The third-order valence-corrected chi connectivity index (χ3v) is 4.28. The van der Waals surface area contributed by atoms with E-state index in [1.165, 1.54) is 0 Å². The highest BCUT2D eigenvalue weighted by molar-refractivity contribution is 5.72. The summed E-state index contributed by atoms with van der Waals surface area (Å²) >= 11 is 0. The minimum absolute atomic E-state index is 0.0915. The van der Waals surface area contributed by atoms with Gasteiger partial charge in [-0.2, -0.15) is 0 Å². The third kappa shape index (κ3) is 3.83. The molecule has 0 amide bonds. The predicted molar refractivity (Wildman–Crippen MR) is 79.7 cm³/mol. The summed E-state index contributed by atoms with van der Waals surface area (Å²) in [4.78, 5) is 14.4. The summed E-state index contributed by atoms with van der Waals surface area (Å²) in [6.45, 7) is 4.98. The molecule has 0 saturated carbocycles. The van der Waals surface area contributed by atoms with E-state index in [0.717, 1.165) is 38.0 Å². The zero-order valence-corrected chi connectivity index (χ0v) is 12.5. The molecule has 0 aromatic heterocycles. The van der Waals surface area contributed by atoms with Crippen molar-refractivity contribution in [2.75, 3.05) is 19.6 Å². The number of fused-ring (bicyclic) bond motifs is 2. The molecule has 2 heterocycles. The lowest BCUT2D eigenvalue weighted by Crippen LogP contribution is -2.45. The molecule has 3 atom stereocenters. The van der Waals surface area contributed by atoms with E-state index in [0.29, 0.717) is 18.8 Å². The highest BCUT2D eigenvalue weighted by atomic mass is 16.5. The SMILES string of the molecule is CC(CN1CC2CCC(C1)O2)C(=O)OCc1ccccc1. The number of ether oxygens (including phenoxy) is 2. The Morgan fingerprint density at radius 2 is 1.95 bits per heavy atom. The topological polar surface area (TPSA) is 38.8 Å². The average Bonchev–Trinajstić information content (AvgIpc) is 2.84. The van der Waals surface area contributed by atoms with Crippen LogP contribution >= 0.6 is 0 Å². The Kier molecular flexibility index (Phi) is 4.56. The van der Waals surface area contributed by atoms with Gasteiger partial charge >= 0.3 is 5.97 Å². The van der Waals surface area contributed by atoms with Gasteiger partial charge in [0.05, 0.1) is 18.1 Å². The first-order valence-electron chi connectivity index (χ1n) is 7.79. The Morgan fingerprint density at radius 1 is 1.29 bits per heavy atom. The molecular weight excluding hydrogens is 266 g/mol. The number of nitrogens with zero attached hydrogens (tertiary/aromatic N) is 1. The minimum Gasteiger partial charge on any atom is -0.461 e. The van der Waals surface area contributed by atoms with Gasteiger partial charge in [0.1, 0.15) is 6.61 Å². The van der Waals surface area contributed by atoms with Crippen molar-refractivity contribution < 1.29 is 14.3 Å². The molecule has 0 spiro atoms. The lowest BCUT2D eigenvalue weighted by Gasteiger charge is -2.33. The number of carbonyl (C=O) groups excluding carboxylic acids is 1. The first-order chi connectivity index (χ1) is 10.2. The van der Waals surface area contributed by atoms with E-state index in [-0.39, 0.29) is 11.9 Å². The van der Waals surface area contributed by atoms with Crippen LogP contribution in [0.15, 0.2) is 30.3 Å². The quantitative estimate of drug-likeness (QED) is 0.779. The Bertz CT molecular complexity index is 464. The van der Waals surface area contributed by atoms with Crippen molar-refractivity contribution in [1.29, 1.82) is 0 Å². The summed E-state index contributed by atoms with van der Waals surface area (Å²) < 4.78 is 11.2. The molecule has 1 aromatic carbocycles. The maximum atomic E-state index is 12.1. The van der Waals surface area contributed by atoms with Crippen LogP contribution in [0.3, 0.4) is 0 Å². The molecule has 2 aliphatic heterocycles. The fraction of sp³-hybridized carbons (Fsp3) is 0.588. The van der Waals surface area contributed by atoms with Gasteiger partial charge in [-0.3, -0.25) is 9.69 Å². The molecule has 21 heavy (non-hydrogen) atoms. The molecule has 2 saturated heterocycles. The van der Waals surface area contributed by atoms with Gasteiger partial charge in [0.2, 0.25) is 0 Å². The van der Waals surface area contributed by atoms with Gasteiger partial charge in [-0.05, 0) is 18.4 Å².